The number of ether oxygens (including phenoxy) is 1. The van der Waals surface area contributed by atoms with Crippen LogP contribution >= 0.6 is 0 Å². The summed E-state index contributed by atoms with van der Waals surface area (Å²) in [5, 5.41) is 9.51. The average Bonchev–Trinajstić information content (AvgIpc) is 3.27. The number of nitrogens with one attached hydrogen (secondary N) is 3. The summed E-state index contributed by atoms with van der Waals surface area (Å²) in [4.78, 5) is 16.2. The summed E-state index contributed by atoms with van der Waals surface area (Å²) in [6.45, 7) is 11.0. The van der Waals surface area contributed by atoms with E-state index < -0.39 is 0 Å². The predicted molar refractivity (Wildman–Crippen MR) is 90.1 cm³/mol. The van der Waals surface area contributed by atoms with Gasteiger partial charge in [0.15, 0.2) is 5.96 Å². The maximum absolute atomic E-state index is 11.6. The van der Waals surface area contributed by atoms with Crippen molar-refractivity contribution in [2.24, 2.45) is 16.8 Å². The molecule has 6 nitrogen and oxygen atoms in total. The molecule has 1 saturated carbocycles. The molecule has 3 N–H and O–H groups in total. The van der Waals surface area contributed by atoms with Gasteiger partial charge >= 0.3 is 6.09 Å². The molecule has 0 spiro atoms. The molecule has 0 heterocycles. The maximum atomic E-state index is 11.6. The van der Waals surface area contributed by atoms with E-state index in [2.05, 4.69) is 41.7 Å². The second-order valence-corrected chi connectivity index (χ2v) is 6.14. The molecule has 22 heavy (non-hydrogen) atoms. The van der Waals surface area contributed by atoms with Crippen molar-refractivity contribution < 1.29 is 9.53 Å². The molecule has 0 aromatic rings. The highest BCUT2D eigenvalue weighted by molar-refractivity contribution is 5.79. The number of amides is 1. The largest absolute Gasteiger partial charge is 0.450 e. The van der Waals surface area contributed by atoms with Crippen molar-refractivity contribution >= 4 is 12.1 Å². The third kappa shape index (κ3) is 8.10. The van der Waals surface area contributed by atoms with Crippen molar-refractivity contribution in [3.8, 4) is 0 Å². The lowest BCUT2D eigenvalue weighted by molar-refractivity contribution is 0.147. The molecule has 1 unspecified atom stereocenters. The molecule has 0 aliphatic heterocycles. The average molecular weight is 312 g/mol. The second-order valence-electron chi connectivity index (χ2n) is 6.14. The van der Waals surface area contributed by atoms with Crippen LogP contribution in [0.25, 0.3) is 0 Å². The highest BCUT2D eigenvalue weighted by atomic mass is 16.5. The Morgan fingerprint density at radius 1 is 1.27 bits per heavy atom. The van der Waals surface area contributed by atoms with Crippen molar-refractivity contribution in [1.29, 1.82) is 0 Å². The molecule has 0 saturated heterocycles. The van der Waals surface area contributed by atoms with E-state index in [1.54, 1.807) is 0 Å². The van der Waals surface area contributed by atoms with Crippen LogP contribution < -0.4 is 16.0 Å². The predicted octanol–water partition coefficient (Wildman–Crippen LogP) is 2.11. The lowest BCUT2D eigenvalue weighted by atomic mass is 10.1. The molecule has 1 fully saturated rings. The van der Waals surface area contributed by atoms with Crippen LogP contribution in [0.3, 0.4) is 0 Å². The number of rotatable bonds is 9. The van der Waals surface area contributed by atoms with Gasteiger partial charge in [-0.25, -0.2) is 4.79 Å². The summed E-state index contributed by atoms with van der Waals surface area (Å²) in [5.74, 6) is 2.02. The molecule has 0 aromatic carbocycles. The lowest BCUT2D eigenvalue weighted by Crippen LogP contribution is -2.42. The first kappa shape index (κ1) is 18.6. The smallest absolute Gasteiger partial charge is 0.407 e. The van der Waals surface area contributed by atoms with Crippen molar-refractivity contribution in [3.05, 3.63) is 0 Å². The zero-order valence-electron chi connectivity index (χ0n) is 14.4. The van der Waals surface area contributed by atoms with Crippen LogP contribution in [-0.4, -0.2) is 44.3 Å². The van der Waals surface area contributed by atoms with Crippen LogP contribution in [0, 0.1) is 11.8 Å². The van der Waals surface area contributed by atoms with E-state index in [9.17, 15) is 4.79 Å². The fourth-order valence-electron chi connectivity index (χ4n) is 2.15. The summed E-state index contributed by atoms with van der Waals surface area (Å²) >= 11 is 0. The van der Waals surface area contributed by atoms with Gasteiger partial charge in [0, 0.05) is 13.1 Å². The van der Waals surface area contributed by atoms with Crippen molar-refractivity contribution in [3.63, 3.8) is 0 Å². The van der Waals surface area contributed by atoms with Gasteiger partial charge in [-0.15, -0.1) is 0 Å². The van der Waals surface area contributed by atoms with Crippen LogP contribution in [0.15, 0.2) is 4.99 Å². The highest BCUT2D eigenvalue weighted by Crippen LogP contribution is 2.32. The summed E-state index contributed by atoms with van der Waals surface area (Å²) in [5.41, 5.74) is 0. The SMILES string of the molecule is CCNC(=NCC(NC(=O)OCC)C1CC1)NCCC(C)C. The fraction of sp³-hybridized carbons (Fsp3) is 0.875. The van der Waals surface area contributed by atoms with Gasteiger partial charge < -0.3 is 20.7 Å². The Hall–Kier alpha value is -1.46. The Bertz CT molecular complexity index is 354. The monoisotopic (exact) mass is 312 g/mol. The van der Waals surface area contributed by atoms with E-state index in [1.807, 2.05) is 6.92 Å². The van der Waals surface area contributed by atoms with E-state index in [-0.39, 0.29) is 12.1 Å². The molecule has 128 valence electrons. The quantitative estimate of drug-likeness (QED) is 0.450. The van der Waals surface area contributed by atoms with Crippen molar-refractivity contribution in [2.75, 3.05) is 26.2 Å². The van der Waals surface area contributed by atoms with Crippen LogP contribution in [0.2, 0.25) is 0 Å². The zero-order valence-corrected chi connectivity index (χ0v) is 14.4. The van der Waals surface area contributed by atoms with Gasteiger partial charge in [0.25, 0.3) is 0 Å². The normalized spacial score (nSPS) is 16.3. The van der Waals surface area contributed by atoms with E-state index in [0.717, 1.165) is 38.3 Å². The maximum Gasteiger partial charge on any atom is 0.407 e. The minimum Gasteiger partial charge on any atom is -0.450 e. The fourth-order valence-corrected chi connectivity index (χ4v) is 2.15. The summed E-state index contributed by atoms with van der Waals surface area (Å²) in [6.07, 6.45) is 3.08. The molecule has 1 rings (SSSR count). The first-order chi connectivity index (χ1) is 10.6. The molecular formula is C16H32N4O2. The third-order valence-corrected chi connectivity index (χ3v) is 3.57. The summed E-state index contributed by atoms with van der Waals surface area (Å²) in [7, 11) is 0. The van der Waals surface area contributed by atoms with E-state index >= 15 is 0 Å². The number of alkyl carbamates (subject to hydrolysis) is 1. The minimum atomic E-state index is -0.340. The summed E-state index contributed by atoms with van der Waals surface area (Å²) in [6, 6.07) is 0.0691. The first-order valence-electron chi connectivity index (χ1n) is 8.52. The van der Waals surface area contributed by atoms with Gasteiger partial charge in [-0.3, -0.25) is 4.99 Å². The number of hydrogen-bond donors (Lipinski definition) is 3. The van der Waals surface area contributed by atoms with Gasteiger partial charge in [0.1, 0.15) is 0 Å². The van der Waals surface area contributed by atoms with Crippen LogP contribution in [0.4, 0.5) is 4.79 Å². The number of carbonyl (C=O) groups is 1. The first-order valence-corrected chi connectivity index (χ1v) is 8.52. The Balaban J connectivity index is 2.47. The Labute approximate surface area is 134 Å². The van der Waals surface area contributed by atoms with Crippen molar-refractivity contribution in [2.45, 2.75) is 53.0 Å². The Morgan fingerprint density at radius 3 is 2.55 bits per heavy atom. The van der Waals surface area contributed by atoms with Crippen LogP contribution in [-0.2, 0) is 4.74 Å². The summed E-state index contributed by atoms with van der Waals surface area (Å²) < 4.78 is 4.97. The molecule has 1 aliphatic rings. The molecule has 1 amide bonds. The van der Waals surface area contributed by atoms with Crippen LogP contribution in [0.1, 0.15) is 47.0 Å². The van der Waals surface area contributed by atoms with Gasteiger partial charge in [-0.05, 0) is 44.9 Å². The minimum absolute atomic E-state index is 0.0691. The van der Waals surface area contributed by atoms with Crippen molar-refractivity contribution in [1.82, 2.24) is 16.0 Å². The highest BCUT2D eigenvalue weighted by Gasteiger charge is 2.32. The molecule has 6 heteroatoms. The molecule has 1 aliphatic carbocycles. The molecular weight excluding hydrogens is 280 g/mol. The van der Waals surface area contributed by atoms with Gasteiger partial charge in [-0.1, -0.05) is 13.8 Å². The molecule has 1 atom stereocenters. The zero-order chi connectivity index (χ0) is 16.4. The van der Waals surface area contributed by atoms with Gasteiger partial charge in [0.2, 0.25) is 0 Å². The standard InChI is InChI=1S/C16H32N4O2/c1-5-17-15(18-10-9-12(3)4)19-11-14(13-7-8-13)20-16(21)22-6-2/h12-14H,5-11H2,1-4H3,(H,20,21)(H2,17,18,19). The number of nitrogens with zero attached hydrogens (tertiary/aromatic N) is 1. The number of hydrogen-bond acceptors (Lipinski definition) is 3. The molecule has 0 radical (unpaired) electrons. The van der Waals surface area contributed by atoms with E-state index in [0.29, 0.717) is 25.0 Å². The topological polar surface area (TPSA) is 74.8 Å². The Morgan fingerprint density at radius 2 is 2.00 bits per heavy atom. The van der Waals surface area contributed by atoms with E-state index in [4.69, 9.17) is 4.74 Å². The van der Waals surface area contributed by atoms with Gasteiger partial charge in [-0.2, -0.15) is 0 Å². The number of guanidine groups is 1. The molecule has 0 bridgehead atoms. The second kappa shape index (κ2) is 10.3. The lowest BCUT2D eigenvalue weighted by Gasteiger charge is -2.17. The third-order valence-electron chi connectivity index (χ3n) is 3.57. The molecule has 0 aromatic heterocycles. The number of aliphatic imine (C=N–C) groups is 1. The Kier molecular flexibility index (Phi) is 8.70. The number of carbonyl (C=O) groups excluding carboxylic acids is 1. The van der Waals surface area contributed by atoms with Crippen LogP contribution in [0.5, 0.6) is 0 Å². The van der Waals surface area contributed by atoms with E-state index in [1.165, 1.54) is 0 Å². The van der Waals surface area contributed by atoms with Gasteiger partial charge in [0.05, 0.1) is 19.2 Å².